The second-order valence-electron chi connectivity index (χ2n) is 4.03. The van der Waals surface area contributed by atoms with E-state index in [4.69, 9.17) is 0 Å². The first-order valence-corrected chi connectivity index (χ1v) is 5.80. The molecule has 98 valence electrons. The zero-order chi connectivity index (χ0) is 13.7. The number of nitrogens with zero attached hydrogens (tertiary/aromatic N) is 1. The summed E-state index contributed by atoms with van der Waals surface area (Å²) >= 11 is 0. The SMILES string of the molecule is O=C(Nc1cccnc1)C(O)C(O)c1ccccc1. The Kier molecular flexibility index (Phi) is 4.22. The Bertz CT molecular complexity index is 531. The van der Waals surface area contributed by atoms with Gasteiger partial charge in [-0.1, -0.05) is 30.3 Å². The van der Waals surface area contributed by atoms with Gasteiger partial charge in [-0.25, -0.2) is 0 Å². The van der Waals surface area contributed by atoms with Crippen LogP contribution in [0.3, 0.4) is 0 Å². The van der Waals surface area contributed by atoms with Crippen molar-refractivity contribution >= 4 is 11.6 Å². The minimum absolute atomic E-state index is 0.465. The molecular weight excluding hydrogens is 244 g/mol. The average molecular weight is 258 g/mol. The van der Waals surface area contributed by atoms with E-state index < -0.39 is 18.1 Å². The average Bonchev–Trinajstić information content (AvgIpc) is 2.47. The fourth-order valence-corrected chi connectivity index (χ4v) is 1.63. The number of benzene rings is 1. The van der Waals surface area contributed by atoms with E-state index in [0.717, 1.165) is 0 Å². The molecule has 0 aliphatic rings. The number of hydrogen-bond donors (Lipinski definition) is 3. The molecule has 5 heteroatoms. The second-order valence-corrected chi connectivity index (χ2v) is 4.03. The molecule has 2 rings (SSSR count). The standard InChI is InChI=1S/C14H14N2O3/c17-12(10-5-2-1-3-6-10)13(18)14(19)16-11-7-4-8-15-9-11/h1-9,12-13,17-18H,(H,16,19). The fraction of sp³-hybridized carbons (Fsp3) is 0.143. The third-order valence-corrected chi connectivity index (χ3v) is 2.64. The smallest absolute Gasteiger partial charge is 0.256 e. The van der Waals surface area contributed by atoms with Gasteiger partial charge in [0.05, 0.1) is 11.9 Å². The first kappa shape index (κ1) is 13.2. The zero-order valence-electron chi connectivity index (χ0n) is 10.1. The number of amides is 1. The molecule has 0 spiro atoms. The van der Waals surface area contributed by atoms with Crippen LogP contribution in [0.1, 0.15) is 11.7 Å². The summed E-state index contributed by atoms with van der Waals surface area (Å²) in [6.07, 6.45) is 0.227. The monoisotopic (exact) mass is 258 g/mol. The van der Waals surface area contributed by atoms with Gasteiger partial charge in [-0.05, 0) is 17.7 Å². The molecule has 0 saturated carbocycles. The molecule has 0 saturated heterocycles. The molecule has 2 atom stereocenters. The molecular formula is C14H14N2O3. The predicted molar refractivity (Wildman–Crippen MR) is 70.3 cm³/mol. The summed E-state index contributed by atoms with van der Waals surface area (Å²) < 4.78 is 0. The van der Waals surface area contributed by atoms with Crippen LogP contribution >= 0.6 is 0 Å². The summed E-state index contributed by atoms with van der Waals surface area (Å²) in [5, 5.41) is 22.2. The summed E-state index contributed by atoms with van der Waals surface area (Å²) in [7, 11) is 0. The molecule has 0 aliphatic heterocycles. The molecule has 0 radical (unpaired) electrons. The highest BCUT2D eigenvalue weighted by molar-refractivity contribution is 5.94. The van der Waals surface area contributed by atoms with E-state index in [0.29, 0.717) is 11.3 Å². The lowest BCUT2D eigenvalue weighted by atomic mass is 10.0. The van der Waals surface area contributed by atoms with Crippen LogP contribution in [0.5, 0.6) is 0 Å². The van der Waals surface area contributed by atoms with E-state index in [1.807, 2.05) is 0 Å². The molecule has 2 aromatic rings. The molecule has 1 aromatic carbocycles. The van der Waals surface area contributed by atoms with Crippen LogP contribution in [0.25, 0.3) is 0 Å². The minimum atomic E-state index is -1.54. The molecule has 1 amide bonds. The van der Waals surface area contributed by atoms with Gasteiger partial charge < -0.3 is 15.5 Å². The van der Waals surface area contributed by atoms with Crippen molar-refractivity contribution in [1.29, 1.82) is 0 Å². The lowest BCUT2D eigenvalue weighted by Crippen LogP contribution is -2.33. The van der Waals surface area contributed by atoms with Crippen LogP contribution in [0.2, 0.25) is 0 Å². The molecule has 0 fully saturated rings. The molecule has 5 nitrogen and oxygen atoms in total. The number of carbonyl (C=O) groups is 1. The van der Waals surface area contributed by atoms with Gasteiger partial charge in [0.1, 0.15) is 6.10 Å². The van der Waals surface area contributed by atoms with Crippen LogP contribution in [-0.4, -0.2) is 27.2 Å². The predicted octanol–water partition coefficient (Wildman–Crippen LogP) is 1.11. The quantitative estimate of drug-likeness (QED) is 0.767. The van der Waals surface area contributed by atoms with Crippen molar-refractivity contribution in [3.05, 3.63) is 60.4 Å². The van der Waals surface area contributed by atoms with E-state index in [2.05, 4.69) is 10.3 Å². The summed E-state index contributed by atoms with van der Waals surface area (Å²) in [5.74, 6) is -0.677. The Morgan fingerprint density at radius 3 is 2.47 bits per heavy atom. The van der Waals surface area contributed by atoms with Crippen LogP contribution in [0.4, 0.5) is 5.69 Å². The van der Waals surface area contributed by atoms with Crippen LogP contribution < -0.4 is 5.32 Å². The van der Waals surface area contributed by atoms with Gasteiger partial charge in [-0.15, -0.1) is 0 Å². The van der Waals surface area contributed by atoms with Gasteiger partial charge in [-0.2, -0.15) is 0 Å². The third kappa shape index (κ3) is 3.37. The van der Waals surface area contributed by atoms with Crippen LogP contribution in [-0.2, 0) is 4.79 Å². The summed E-state index contributed by atoms with van der Waals surface area (Å²) in [5.41, 5.74) is 0.947. The van der Waals surface area contributed by atoms with E-state index >= 15 is 0 Å². The summed E-state index contributed by atoms with van der Waals surface area (Å²) in [6.45, 7) is 0. The molecule has 0 bridgehead atoms. The Labute approximate surface area is 110 Å². The van der Waals surface area contributed by atoms with E-state index in [1.165, 1.54) is 6.20 Å². The number of anilines is 1. The van der Waals surface area contributed by atoms with Crippen molar-refractivity contribution in [1.82, 2.24) is 4.98 Å². The lowest BCUT2D eigenvalue weighted by molar-refractivity contribution is -0.129. The molecule has 0 aliphatic carbocycles. The summed E-state index contributed by atoms with van der Waals surface area (Å²) in [4.78, 5) is 15.6. The number of aromatic nitrogens is 1. The second kappa shape index (κ2) is 6.08. The van der Waals surface area contributed by atoms with Gasteiger partial charge >= 0.3 is 0 Å². The maximum Gasteiger partial charge on any atom is 0.256 e. The van der Waals surface area contributed by atoms with Crippen molar-refractivity contribution in [2.75, 3.05) is 5.32 Å². The van der Waals surface area contributed by atoms with E-state index in [9.17, 15) is 15.0 Å². The Hall–Kier alpha value is -2.24. The van der Waals surface area contributed by atoms with Crippen molar-refractivity contribution in [2.24, 2.45) is 0 Å². The normalized spacial score (nSPS) is 13.6. The van der Waals surface area contributed by atoms with Crippen LogP contribution in [0, 0.1) is 0 Å². The zero-order valence-corrected chi connectivity index (χ0v) is 10.1. The van der Waals surface area contributed by atoms with E-state index in [-0.39, 0.29) is 0 Å². The van der Waals surface area contributed by atoms with Crippen molar-refractivity contribution in [2.45, 2.75) is 12.2 Å². The molecule has 3 N–H and O–H groups in total. The van der Waals surface area contributed by atoms with Gasteiger partial charge in [0.15, 0.2) is 6.10 Å². The number of rotatable bonds is 4. The molecule has 2 unspecified atom stereocenters. The first-order valence-electron chi connectivity index (χ1n) is 5.80. The Balaban J connectivity index is 2.03. The minimum Gasteiger partial charge on any atom is -0.385 e. The first-order chi connectivity index (χ1) is 9.18. The highest BCUT2D eigenvalue weighted by Gasteiger charge is 2.25. The van der Waals surface area contributed by atoms with Crippen molar-refractivity contribution < 1.29 is 15.0 Å². The van der Waals surface area contributed by atoms with Crippen molar-refractivity contribution in [3.8, 4) is 0 Å². The third-order valence-electron chi connectivity index (χ3n) is 2.64. The number of carbonyl (C=O) groups excluding carboxylic acids is 1. The van der Waals surface area contributed by atoms with Gasteiger partial charge in [0.25, 0.3) is 5.91 Å². The summed E-state index contributed by atoms with van der Waals surface area (Å²) in [6, 6.07) is 11.8. The number of aliphatic hydroxyl groups is 2. The largest absolute Gasteiger partial charge is 0.385 e. The number of nitrogens with one attached hydrogen (secondary N) is 1. The van der Waals surface area contributed by atoms with Crippen LogP contribution in [0.15, 0.2) is 54.9 Å². The molecule has 1 heterocycles. The van der Waals surface area contributed by atoms with Gasteiger partial charge in [-0.3, -0.25) is 9.78 Å². The van der Waals surface area contributed by atoms with E-state index in [1.54, 1.807) is 48.7 Å². The fourth-order valence-electron chi connectivity index (χ4n) is 1.63. The maximum absolute atomic E-state index is 11.8. The Morgan fingerprint density at radius 1 is 1.11 bits per heavy atom. The maximum atomic E-state index is 11.8. The number of pyridine rings is 1. The Morgan fingerprint density at radius 2 is 1.84 bits per heavy atom. The number of aliphatic hydroxyl groups excluding tert-OH is 2. The molecule has 19 heavy (non-hydrogen) atoms. The number of hydrogen-bond acceptors (Lipinski definition) is 4. The van der Waals surface area contributed by atoms with Gasteiger partial charge in [0.2, 0.25) is 0 Å². The highest BCUT2D eigenvalue weighted by atomic mass is 16.3. The van der Waals surface area contributed by atoms with Gasteiger partial charge in [0, 0.05) is 6.20 Å². The highest BCUT2D eigenvalue weighted by Crippen LogP contribution is 2.17. The molecule has 1 aromatic heterocycles. The topological polar surface area (TPSA) is 82.5 Å². The van der Waals surface area contributed by atoms with Crippen molar-refractivity contribution in [3.63, 3.8) is 0 Å². The lowest BCUT2D eigenvalue weighted by Gasteiger charge is -2.17.